The van der Waals surface area contributed by atoms with E-state index in [-0.39, 0.29) is 4.90 Å². The van der Waals surface area contributed by atoms with Crippen LogP contribution in [0.5, 0.6) is 0 Å². The van der Waals surface area contributed by atoms with Crippen LogP contribution in [0.3, 0.4) is 0 Å². The quantitative estimate of drug-likeness (QED) is 0.432. The molecule has 0 atom stereocenters. The highest BCUT2D eigenvalue weighted by atomic mass is 127. The van der Waals surface area contributed by atoms with Crippen LogP contribution >= 0.6 is 22.6 Å². The third kappa shape index (κ3) is 4.34. The predicted molar refractivity (Wildman–Crippen MR) is 133 cm³/mol. The van der Waals surface area contributed by atoms with E-state index in [1.54, 1.807) is 30.5 Å². The molecule has 2 fully saturated rings. The molecule has 1 saturated carbocycles. The van der Waals surface area contributed by atoms with Gasteiger partial charge in [0.15, 0.2) is 5.65 Å². The highest BCUT2D eigenvalue weighted by molar-refractivity contribution is 14.1. The standard InChI is InChI=1S/C24H28IN3O3S/c25-23-17-28(32(29,30)21-5-2-1-3-6-21)24-22(23)15-19(16-26-24)18-7-9-20(10-8-18)27-11-4-13-31-14-12-27/h1-3,5-6,15-18,20H,4,7-14H2. The Morgan fingerprint density at radius 2 is 1.81 bits per heavy atom. The second-order valence-electron chi connectivity index (χ2n) is 8.74. The van der Waals surface area contributed by atoms with Gasteiger partial charge in [0.25, 0.3) is 10.0 Å². The fourth-order valence-corrected chi connectivity index (χ4v) is 7.29. The number of benzene rings is 1. The fraction of sp³-hybridized carbons (Fsp3) is 0.458. The second kappa shape index (κ2) is 9.40. The van der Waals surface area contributed by atoms with Gasteiger partial charge in [0.1, 0.15) is 0 Å². The summed E-state index contributed by atoms with van der Waals surface area (Å²) < 4.78 is 34.2. The Hall–Kier alpha value is -1.49. The monoisotopic (exact) mass is 565 g/mol. The zero-order chi connectivity index (χ0) is 22.1. The third-order valence-electron chi connectivity index (χ3n) is 6.83. The molecule has 1 saturated heterocycles. The maximum atomic E-state index is 13.2. The summed E-state index contributed by atoms with van der Waals surface area (Å²) in [4.78, 5) is 7.53. The van der Waals surface area contributed by atoms with Crippen LogP contribution in [-0.2, 0) is 14.8 Å². The SMILES string of the molecule is O=S(=O)(c1ccccc1)n1cc(I)c2cc(C3CCC(N4CCCOCC4)CC3)cnc21. The summed E-state index contributed by atoms with van der Waals surface area (Å²) in [5.74, 6) is 0.483. The Balaban J connectivity index is 1.37. The van der Waals surface area contributed by atoms with E-state index in [1.165, 1.54) is 22.4 Å². The van der Waals surface area contributed by atoms with Crippen molar-refractivity contribution in [2.45, 2.75) is 49.0 Å². The van der Waals surface area contributed by atoms with Crippen molar-refractivity contribution in [1.82, 2.24) is 13.9 Å². The first-order valence-electron chi connectivity index (χ1n) is 11.3. The van der Waals surface area contributed by atoms with E-state index >= 15 is 0 Å². The normalized spacial score (nSPS) is 23.3. The summed E-state index contributed by atoms with van der Waals surface area (Å²) in [6.07, 6.45) is 9.39. The molecule has 1 aliphatic carbocycles. The van der Waals surface area contributed by atoms with Gasteiger partial charge in [-0.05, 0) is 84.4 Å². The summed E-state index contributed by atoms with van der Waals surface area (Å²) in [6, 6.07) is 11.4. The lowest BCUT2D eigenvalue weighted by Crippen LogP contribution is -2.39. The highest BCUT2D eigenvalue weighted by Crippen LogP contribution is 2.37. The van der Waals surface area contributed by atoms with Gasteiger partial charge in [-0.3, -0.25) is 4.90 Å². The zero-order valence-electron chi connectivity index (χ0n) is 18.0. The van der Waals surface area contributed by atoms with Gasteiger partial charge in [0.05, 0.1) is 11.5 Å². The molecule has 0 N–H and O–H groups in total. The number of rotatable bonds is 4. The van der Waals surface area contributed by atoms with Crippen LogP contribution in [0.2, 0.25) is 0 Å². The number of aromatic nitrogens is 2. The van der Waals surface area contributed by atoms with Crippen LogP contribution in [0.4, 0.5) is 0 Å². The Morgan fingerprint density at radius 1 is 1.03 bits per heavy atom. The average molecular weight is 565 g/mol. The minimum atomic E-state index is -3.67. The number of nitrogens with zero attached hydrogens (tertiary/aromatic N) is 3. The van der Waals surface area contributed by atoms with Crippen molar-refractivity contribution in [3.05, 3.63) is 57.9 Å². The van der Waals surface area contributed by atoms with Gasteiger partial charge in [0.2, 0.25) is 0 Å². The number of pyridine rings is 1. The molecule has 0 unspecified atom stereocenters. The fourth-order valence-electron chi connectivity index (χ4n) is 5.08. The Bertz CT molecular complexity index is 1180. The van der Waals surface area contributed by atoms with Gasteiger partial charge in [-0.1, -0.05) is 18.2 Å². The average Bonchev–Trinajstić information content (AvgIpc) is 2.99. The summed E-state index contributed by atoms with van der Waals surface area (Å²) >= 11 is 2.22. The lowest BCUT2D eigenvalue weighted by atomic mass is 9.81. The molecular weight excluding hydrogens is 537 g/mol. The van der Waals surface area contributed by atoms with Crippen molar-refractivity contribution in [3.8, 4) is 0 Å². The molecule has 0 spiro atoms. The van der Waals surface area contributed by atoms with Gasteiger partial charge in [-0.2, -0.15) is 0 Å². The van der Waals surface area contributed by atoms with Crippen LogP contribution in [0.25, 0.3) is 11.0 Å². The predicted octanol–water partition coefficient (Wildman–Crippen LogP) is 4.63. The van der Waals surface area contributed by atoms with Crippen molar-refractivity contribution >= 4 is 43.6 Å². The first kappa shape index (κ1) is 22.3. The number of fused-ring (bicyclic) bond motifs is 1. The minimum Gasteiger partial charge on any atom is -0.380 e. The molecule has 1 aromatic carbocycles. The molecule has 0 amide bonds. The van der Waals surface area contributed by atoms with E-state index in [4.69, 9.17) is 4.74 Å². The molecule has 2 aromatic heterocycles. The van der Waals surface area contributed by atoms with Crippen LogP contribution in [0.15, 0.2) is 53.7 Å². The molecule has 3 aromatic rings. The van der Waals surface area contributed by atoms with Crippen LogP contribution in [0.1, 0.15) is 43.6 Å². The topological polar surface area (TPSA) is 64.4 Å². The van der Waals surface area contributed by atoms with Crippen molar-refractivity contribution in [3.63, 3.8) is 0 Å². The summed E-state index contributed by atoms with van der Waals surface area (Å²) in [5, 5.41) is 0.911. The van der Waals surface area contributed by atoms with Crippen molar-refractivity contribution in [2.24, 2.45) is 0 Å². The zero-order valence-corrected chi connectivity index (χ0v) is 21.0. The molecule has 2 aliphatic rings. The van der Waals surface area contributed by atoms with Crippen molar-refractivity contribution in [1.29, 1.82) is 0 Å². The van der Waals surface area contributed by atoms with Crippen LogP contribution < -0.4 is 0 Å². The third-order valence-corrected chi connectivity index (χ3v) is 9.35. The lowest BCUT2D eigenvalue weighted by molar-refractivity contribution is 0.118. The molecule has 170 valence electrons. The lowest BCUT2D eigenvalue weighted by Gasteiger charge is -2.36. The Labute approximate surface area is 203 Å². The number of ether oxygens (including phenoxy) is 1. The number of hydrogen-bond donors (Lipinski definition) is 0. The summed E-state index contributed by atoms with van der Waals surface area (Å²) in [7, 11) is -3.67. The van der Waals surface area contributed by atoms with Crippen LogP contribution in [-0.4, -0.2) is 54.6 Å². The van der Waals surface area contributed by atoms with Gasteiger partial charge in [-0.25, -0.2) is 17.4 Å². The Morgan fingerprint density at radius 3 is 2.59 bits per heavy atom. The molecule has 0 bridgehead atoms. The molecular formula is C24H28IN3O3S. The van der Waals surface area contributed by atoms with Gasteiger partial charge < -0.3 is 4.74 Å². The molecule has 32 heavy (non-hydrogen) atoms. The second-order valence-corrected chi connectivity index (χ2v) is 11.7. The molecule has 8 heteroatoms. The van der Waals surface area contributed by atoms with E-state index in [0.29, 0.717) is 17.6 Å². The van der Waals surface area contributed by atoms with Gasteiger partial charge in [-0.15, -0.1) is 0 Å². The Kier molecular flexibility index (Phi) is 6.55. The van der Waals surface area contributed by atoms with E-state index in [2.05, 4.69) is 38.5 Å². The maximum absolute atomic E-state index is 13.2. The molecule has 5 rings (SSSR count). The largest absolute Gasteiger partial charge is 0.380 e. The minimum absolute atomic E-state index is 0.274. The van der Waals surface area contributed by atoms with Crippen LogP contribution in [0, 0.1) is 3.57 Å². The number of halogens is 1. The van der Waals surface area contributed by atoms with E-state index in [1.807, 2.05) is 12.3 Å². The van der Waals surface area contributed by atoms with Gasteiger partial charge >= 0.3 is 0 Å². The summed E-state index contributed by atoms with van der Waals surface area (Å²) in [5.41, 5.74) is 1.73. The molecule has 0 radical (unpaired) electrons. The molecule has 3 heterocycles. The summed E-state index contributed by atoms with van der Waals surface area (Å²) in [6.45, 7) is 3.92. The first-order chi connectivity index (χ1) is 15.5. The maximum Gasteiger partial charge on any atom is 0.269 e. The van der Waals surface area contributed by atoms with E-state index in [0.717, 1.165) is 54.5 Å². The smallest absolute Gasteiger partial charge is 0.269 e. The van der Waals surface area contributed by atoms with Crippen molar-refractivity contribution in [2.75, 3.05) is 26.3 Å². The van der Waals surface area contributed by atoms with E-state index < -0.39 is 10.0 Å². The number of hydrogen-bond acceptors (Lipinski definition) is 5. The van der Waals surface area contributed by atoms with Crippen molar-refractivity contribution < 1.29 is 13.2 Å². The van der Waals surface area contributed by atoms with E-state index in [9.17, 15) is 8.42 Å². The molecule has 1 aliphatic heterocycles. The first-order valence-corrected chi connectivity index (χ1v) is 13.8. The molecule has 6 nitrogen and oxygen atoms in total. The highest BCUT2D eigenvalue weighted by Gasteiger charge is 2.28. The van der Waals surface area contributed by atoms with Gasteiger partial charge in [0, 0.05) is 47.1 Å².